The molecular formula is C14H17N3S. The summed E-state index contributed by atoms with van der Waals surface area (Å²) in [7, 11) is 0. The van der Waals surface area contributed by atoms with Crippen molar-refractivity contribution in [3.8, 4) is 0 Å². The van der Waals surface area contributed by atoms with Crippen LogP contribution in [0.1, 0.15) is 24.7 Å². The second-order valence-corrected chi connectivity index (χ2v) is 5.31. The van der Waals surface area contributed by atoms with E-state index in [2.05, 4.69) is 48.1 Å². The zero-order valence-corrected chi connectivity index (χ0v) is 11.5. The van der Waals surface area contributed by atoms with Crippen LogP contribution in [0.15, 0.2) is 40.3 Å². The largest absolute Gasteiger partial charge is 0.384 e. The maximum Gasteiger partial charge on any atom is 0.132 e. The van der Waals surface area contributed by atoms with Crippen molar-refractivity contribution in [1.82, 2.24) is 9.97 Å². The van der Waals surface area contributed by atoms with Crippen LogP contribution in [0.2, 0.25) is 0 Å². The topological polar surface area (TPSA) is 51.8 Å². The molecule has 2 rings (SSSR count). The van der Waals surface area contributed by atoms with Crippen molar-refractivity contribution in [2.75, 3.05) is 5.73 Å². The normalized spacial score (nSPS) is 10.6. The molecule has 0 radical (unpaired) electrons. The zero-order chi connectivity index (χ0) is 13.0. The maximum absolute atomic E-state index is 5.81. The van der Waals surface area contributed by atoms with E-state index < -0.39 is 0 Å². The van der Waals surface area contributed by atoms with Gasteiger partial charge in [-0.3, -0.25) is 0 Å². The van der Waals surface area contributed by atoms with Crippen LogP contribution < -0.4 is 5.73 Å². The SMILES string of the molecule is CCCc1nc(N)cc(Sc2cccc(C)c2)n1. The lowest BCUT2D eigenvalue weighted by atomic mass is 10.2. The molecule has 0 aliphatic heterocycles. The molecule has 0 saturated carbocycles. The summed E-state index contributed by atoms with van der Waals surface area (Å²) in [6.45, 7) is 4.20. The summed E-state index contributed by atoms with van der Waals surface area (Å²) in [5, 5.41) is 0.913. The molecule has 94 valence electrons. The van der Waals surface area contributed by atoms with Crippen molar-refractivity contribution < 1.29 is 0 Å². The average Bonchev–Trinajstić information content (AvgIpc) is 2.28. The van der Waals surface area contributed by atoms with E-state index in [4.69, 9.17) is 5.73 Å². The van der Waals surface area contributed by atoms with Crippen molar-refractivity contribution in [1.29, 1.82) is 0 Å². The summed E-state index contributed by atoms with van der Waals surface area (Å²) in [4.78, 5) is 9.93. The maximum atomic E-state index is 5.81. The molecule has 0 unspecified atom stereocenters. The summed E-state index contributed by atoms with van der Waals surface area (Å²) in [5.41, 5.74) is 7.05. The quantitative estimate of drug-likeness (QED) is 0.854. The van der Waals surface area contributed by atoms with Crippen LogP contribution >= 0.6 is 11.8 Å². The fourth-order valence-corrected chi connectivity index (χ4v) is 2.64. The number of aryl methyl sites for hydroxylation is 2. The van der Waals surface area contributed by atoms with Gasteiger partial charge in [0.2, 0.25) is 0 Å². The lowest BCUT2D eigenvalue weighted by Crippen LogP contribution is -2.00. The highest BCUT2D eigenvalue weighted by atomic mass is 32.2. The highest BCUT2D eigenvalue weighted by Gasteiger charge is 2.04. The number of nitrogens with two attached hydrogens (primary N) is 1. The first kappa shape index (κ1) is 12.9. The molecule has 0 fully saturated rings. The van der Waals surface area contributed by atoms with Crippen LogP contribution in [0.25, 0.3) is 0 Å². The van der Waals surface area contributed by atoms with Crippen molar-refractivity contribution >= 4 is 17.6 Å². The van der Waals surface area contributed by atoms with Crippen LogP contribution in [0.4, 0.5) is 5.82 Å². The van der Waals surface area contributed by atoms with Crippen LogP contribution in [-0.4, -0.2) is 9.97 Å². The van der Waals surface area contributed by atoms with E-state index in [0.717, 1.165) is 23.7 Å². The van der Waals surface area contributed by atoms with Gasteiger partial charge in [0.1, 0.15) is 16.7 Å². The smallest absolute Gasteiger partial charge is 0.132 e. The minimum atomic E-state index is 0.545. The second kappa shape index (κ2) is 5.87. The lowest BCUT2D eigenvalue weighted by Gasteiger charge is -2.05. The predicted molar refractivity (Wildman–Crippen MR) is 75.7 cm³/mol. The standard InChI is InChI=1S/C14H17N3S/c1-3-5-13-16-12(15)9-14(17-13)18-11-7-4-6-10(2)8-11/h4,6-9H,3,5H2,1-2H3,(H2,15,16,17). The van der Waals surface area contributed by atoms with E-state index >= 15 is 0 Å². The van der Waals surface area contributed by atoms with Crippen LogP contribution in [0.3, 0.4) is 0 Å². The van der Waals surface area contributed by atoms with Gasteiger partial charge in [-0.1, -0.05) is 36.4 Å². The summed E-state index contributed by atoms with van der Waals surface area (Å²) in [5.74, 6) is 1.37. The van der Waals surface area contributed by atoms with Gasteiger partial charge in [0.15, 0.2) is 0 Å². The molecule has 0 aliphatic carbocycles. The monoisotopic (exact) mass is 259 g/mol. The van der Waals surface area contributed by atoms with Crippen molar-refractivity contribution in [3.05, 3.63) is 41.7 Å². The number of nitrogen functional groups attached to an aromatic ring is 1. The van der Waals surface area contributed by atoms with Crippen LogP contribution in [-0.2, 0) is 6.42 Å². The molecule has 0 spiro atoms. The molecule has 0 amide bonds. The minimum Gasteiger partial charge on any atom is -0.384 e. The Hall–Kier alpha value is -1.55. The molecule has 0 saturated heterocycles. The average molecular weight is 259 g/mol. The van der Waals surface area contributed by atoms with Crippen molar-refractivity contribution in [2.24, 2.45) is 0 Å². The highest BCUT2D eigenvalue weighted by molar-refractivity contribution is 7.99. The zero-order valence-electron chi connectivity index (χ0n) is 10.7. The van der Waals surface area contributed by atoms with Gasteiger partial charge in [-0.2, -0.15) is 0 Å². The molecule has 1 heterocycles. The van der Waals surface area contributed by atoms with E-state index in [1.54, 1.807) is 11.8 Å². The first-order chi connectivity index (χ1) is 8.67. The van der Waals surface area contributed by atoms with Gasteiger partial charge >= 0.3 is 0 Å². The third-order valence-electron chi connectivity index (χ3n) is 2.45. The minimum absolute atomic E-state index is 0.545. The first-order valence-corrected chi connectivity index (χ1v) is 6.87. The summed E-state index contributed by atoms with van der Waals surface area (Å²) in [6, 6.07) is 10.2. The van der Waals surface area contributed by atoms with Crippen LogP contribution in [0, 0.1) is 6.92 Å². The molecule has 1 aromatic carbocycles. The second-order valence-electron chi connectivity index (χ2n) is 4.22. The van der Waals surface area contributed by atoms with Gasteiger partial charge in [0, 0.05) is 17.4 Å². The summed E-state index contributed by atoms with van der Waals surface area (Å²) < 4.78 is 0. The van der Waals surface area contributed by atoms with Gasteiger partial charge in [-0.25, -0.2) is 9.97 Å². The molecule has 3 nitrogen and oxygen atoms in total. The number of aromatic nitrogens is 2. The lowest BCUT2D eigenvalue weighted by molar-refractivity contribution is 0.813. The third-order valence-corrected chi connectivity index (χ3v) is 3.36. The van der Waals surface area contributed by atoms with E-state index in [1.807, 2.05) is 6.07 Å². The predicted octanol–water partition coefficient (Wildman–Crippen LogP) is 3.47. The van der Waals surface area contributed by atoms with Gasteiger partial charge in [0.05, 0.1) is 0 Å². The first-order valence-electron chi connectivity index (χ1n) is 6.05. The van der Waals surface area contributed by atoms with Gasteiger partial charge in [0.25, 0.3) is 0 Å². The third kappa shape index (κ3) is 3.47. The Morgan fingerprint density at radius 2 is 2.06 bits per heavy atom. The Kier molecular flexibility index (Phi) is 4.20. The van der Waals surface area contributed by atoms with Crippen molar-refractivity contribution in [2.45, 2.75) is 36.6 Å². The fraction of sp³-hybridized carbons (Fsp3) is 0.286. The van der Waals surface area contributed by atoms with Gasteiger partial charge in [-0.05, 0) is 25.5 Å². The number of hydrogen-bond acceptors (Lipinski definition) is 4. The Morgan fingerprint density at radius 3 is 2.78 bits per heavy atom. The Balaban J connectivity index is 2.23. The summed E-state index contributed by atoms with van der Waals surface area (Å²) >= 11 is 1.62. The summed E-state index contributed by atoms with van der Waals surface area (Å²) in [6.07, 6.45) is 1.89. The molecule has 1 aromatic heterocycles. The number of rotatable bonds is 4. The van der Waals surface area contributed by atoms with Crippen molar-refractivity contribution in [3.63, 3.8) is 0 Å². The molecular weight excluding hydrogens is 242 g/mol. The number of nitrogens with zero attached hydrogens (tertiary/aromatic N) is 2. The van der Waals surface area contributed by atoms with Crippen LogP contribution in [0.5, 0.6) is 0 Å². The fourth-order valence-electron chi connectivity index (χ4n) is 1.68. The molecule has 18 heavy (non-hydrogen) atoms. The molecule has 4 heteroatoms. The molecule has 0 atom stereocenters. The van der Waals surface area contributed by atoms with E-state index in [9.17, 15) is 0 Å². The Bertz CT molecular complexity index is 540. The number of benzene rings is 1. The number of anilines is 1. The molecule has 2 aromatic rings. The highest BCUT2D eigenvalue weighted by Crippen LogP contribution is 2.27. The molecule has 2 N–H and O–H groups in total. The van der Waals surface area contributed by atoms with Gasteiger partial charge < -0.3 is 5.73 Å². The Labute approximate surface area is 112 Å². The van der Waals surface area contributed by atoms with Gasteiger partial charge in [-0.15, -0.1) is 0 Å². The van der Waals surface area contributed by atoms with E-state index in [-0.39, 0.29) is 0 Å². The molecule has 0 aliphatic rings. The molecule has 0 bridgehead atoms. The van der Waals surface area contributed by atoms with E-state index in [1.165, 1.54) is 10.5 Å². The Morgan fingerprint density at radius 1 is 1.22 bits per heavy atom. The van der Waals surface area contributed by atoms with E-state index in [0.29, 0.717) is 5.82 Å². The number of hydrogen-bond donors (Lipinski definition) is 1.